The van der Waals surface area contributed by atoms with Gasteiger partial charge in [0.1, 0.15) is 5.75 Å². The van der Waals surface area contributed by atoms with Crippen LogP contribution in [0.2, 0.25) is 0 Å². The van der Waals surface area contributed by atoms with E-state index >= 15 is 0 Å². The van der Waals surface area contributed by atoms with Crippen LogP contribution in [0.15, 0.2) is 24.3 Å². The summed E-state index contributed by atoms with van der Waals surface area (Å²) in [7, 11) is 1.65. The minimum absolute atomic E-state index is 0.0426. The van der Waals surface area contributed by atoms with E-state index in [4.69, 9.17) is 4.74 Å². The molecule has 100 valence electrons. The average Bonchev–Trinajstić information content (AvgIpc) is 2.37. The van der Waals surface area contributed by atoms with Crippen molar-refractivity contribution in [3.63, 3.8) is 0 Å². The zero-order valence-corrected chi connectivity index (χ0v) is 12.1. The Kier molecular flexibility index (Phi) is 5.54. The molecule has 0 atom stereocenters. The number of carbonyl (C=O) groups excluding carboxylic acids is 1. The summed E-state index contributed by atoms with van der Waals surface area (Å²) >= 11 is 4.04. The third kappa shape index (κ3) is 4.26. The number of methoxy groups -OCH3 is 1. The lowest BCUT2D eigenvalue weighted by molar-refractivity contribution is -0.120. The molecule has 1 rings (SSSR count). The van der Waals surface area contributed by atoms with Crippen LogP contribution in [0.4, 0.5) is 0 Å². The van der Waals surface area contributed by atoms with E-state index in [1.807, 2.05) is 24.3 Å². The highest BCUT2D eigenvalue weighted by Gasteiger charge is 2.21. The molecule has 18 heavy (non-hydrogen) atoms. The normalized spacial score (nSPS) is 11.1. The van der Waals surface area contributed by atoms with Crippen LogP contribution in [0.5, 0.6) is 5.75 Å². The Morgan fingerprint density at radius 1 is 1.44 bits per heavy atom. The molecule has 0 heterocycles. The first-order valence-corrected chi connectivity index (χ1v) is 6.65. The van der Waals surface area contributed by atoms with Gasteiger partial charge in [-0.25, -0.2) is 0 Å². The van der Waals surface area contributed by atoms with Crippen LogP contribution in [0, 0.1) is 0 Å². The summed E-state index contributed by atoms with van der Waals surface area (Å²) in [4.78, 5) is 11.5. The van der Waals surface area contributed by atoms with E-state index in [-0.39, 0.29) is 11.3 Å². The first-order valence-electron chi connectivity index (χ1n) is 6.01. The Bertz CT molecular complexity index is 405. The van der Waals surface area contributed by atoms with Gasteiger partial charge < -0.3 is 10.1 Å². The van der Waals surface area contributed by atoms with E-state index in [2.05, 4.69) is 31.8 Å². The van der Waals surface area contributed by atoms with E-state index in [9.17, 15) is 4.79 Å². The van der Waals surface area contributed by atoms with Crippen LogP contribution in [0.25, 0.3) is 0 Å². The highest BCUT2D eigenvalue weighted by molar-refractivity contribution is 7.80. The van der Waals surface area contributed by atoms with Crippen molar-refractivity contribution in [1.82, 2.24) is 5.32 Å². The number of hydrogen-bond donors (Lipinski definition) is 2. The van der Waals surface area contributed by atoms with Gasteiger partial charge in [0.2, 0.25) is 5.91 Å². The number of amides is 1. The third-order valence-corrected chi connectivity index (χ3v) is 3.14. The fourth-order valence-corrected chi connectivity index (χ4v) is 1.86. The molecule has 1 aromatic carbocycles. The van der Waals surface area contributed by atoms with Gasteiger partial charge in [-0.1, -0.05) is 26.0 Å². The number of hydrogen-bond acceptors (Lipinski definition) is 3. The summed E-state index contributed by atoms with van der Waals surface area (Å²) in [6, 6.07) is 7.93. The Labute approximate surface area is 114 Å². The van der Waals surface area contributed by atoms with Crippen molar-refractivity contribution >= 4 is 18.5 Å². The molecule has 0 aliphatic heterocycles. The Morgan fingerprint density at radius 3 is 2.78 bits per heavy atom. The van der Waals surface area contributed by atoms with E-state index in [1.54, 1.807) is 7.11 Å². The van der Waals surface area contributed by atoms with Gasteiger partial charge in [-0.3, -0.25) is 4.79 Å². The zero-order chi connectivity index (χ0) is 13.6. The molecular formula is C14H21NO2S. The molecular weight excluding hydrogens is 246 g/mol. The van der Waals surface area contributed by atoms with Gasteiger partial charge >= 0.3 is 0 Å². The summed E-state index contributed by atoms with van der Waals surface area (Å²) in [6.45, 7) is 4.80. The molecule has 3 nitrogen and oxygen atoms in total. The minimum Gasteiger partial charge on any atom is -0.497 e. The maximum Gasteiger partial charge on any atom is 0.220 e. The molecule has 0 fully saturated rings. The molecule has 0 aromatic heterocycles. The predicted molar refractivity (Wildman–Crippen MR) is 77.5 cm³/mol. The van der Waals surface area contributed by atoms with Crippen LogP contribution in [0.3, 0.4) is 0 Å². The van der Waals surface area contributed by atoms with Crippen LogP contribution >= 0.6 is 12.6 Å². The molecule has 1 aromatic rings. The van der Waals surface area contributed by atoms with E-state index in [0.29, 0.717) is 18.7 Å². The van der Waals surface area contributed by atoms with E-state index < -0.39 is 0 Å². The maximum absolute atomic E-state index is 11.5. The molecule has 0 aliphatic carbocycles. The van der Waals surface area contributed by atoms with Crippen molar-refractivity contribution in [1.29, 1.82) is 0 Å². The van der Waals surface area contributed by atoms with E-state index in [0.717, 1.165) is 11.3 Å². The summed E-state index contributed by atoms with van der Waals surface area (Å²) in [5.74, 6) is 1.45. The molecule has 4 heteroatoms. The van der Waals surface area contributed by atoms with Gasteiger partial charge in [0.25, 0.3) is 0 Å². The lowest BCUT2D eigenvalue weighted by atomic mass is 9.84. The fourth-order valence-electron chi connectivity index (χ4n) is 1.66. The second kappa shape index (κ2) is 6.69. The molecule has 0 bridgehead atoms. The van der Waals surface area contributed by atoms with E-state index in [1.165, 1.54) is 0 Å². The number of nitrogens with one attached hydrogen (secondary N) is 1. The van der Waals surface area contributed by atoms with Gasteiger partial charge in [0.15, 0.2) is 0 Å². The van der Waals surface area contributed by atoms with Crippen molar-refractivity contribution in [2.75, 3.05) is 19.4 Å². The first-order chi connectivity index (χ1) is 8.49. The van der Waals surface area contributed by atoms with Crippen LogP contribution in [0.1, 0.15) is 25.8 Å². The summed E-state index contributed by atoms with van der Waals surface area (Å²) < 4.78 is 5.22. The number of benzene rings is 1. The quantitative estimate of drug-likeness (QED) is 0.777. The van der Waals surface area contributed by atoms with Gasteiger partial charge in [0.05, 0.1) is 7.11 Å². The lowest BCUT2D eigenvalue weighted by Gasteiger charge is -2.26. The largest absolute Gasteiger partial charge is 0.497 e. The molecule has 1 amide bonds. The Morgan fingerprint density at radius 2 is 2.17 bits per heavy atom. The monoisotopic (exact) mass is 267 g/mol. The Balaban J connectivity index is 2.69. The number of thiol groups is 1. The molecule has 1 N–H and O–H groups in total. The second-order valence-corrected chi connectivity index (χ2v) is 5.31. The molecule has 0 unspecified atom stereocenters. The standard InChI is InChI=1S/C14H21NO2S/c1-14(2,10-15-13(16)7-8-18)11-5-4-6-12(9-11)17-3/h4-6,9,18H,7-8,10H2,1-3H3,(H,15,16). The van der Waals surface area contributed by atoms with Gasteiger partial charge in [0, 0.05) is 18.4 Å². The van der Waals surface area contributed by atoms with Gasteiger partial charge in [-0.2, -0.15) is 12.6 Å². The highest BCUT2D eigenvalue weighted by Crippen LogP contribution is 2.25. The highest BCUT2D eigenvalue weighted by atomic mass is 32.1. The topological polar surface area (TPSA) is 38.3 Å². The third-order valence-electron chi connectivity index (χ3n) is 2.92. The van der Waals surface area contributed by atoms with Gasteiger partial charge in [-0.05, 0) is 23.4 Å². The van der Waals surface area contributed by atoms with Gasteiger partial charge in [-0.15, -0.1) is 0 Å². The van der Waals surface area contributed by atoms with Crippen LogP contribution < -0.4 is 10.1 Å². The number of carbonyl (C=O) groups is 1. The van der Waals surface area contributed by atoms with Crippen molar-refractivity contribution in [3.8, 4) is 5.75 Å². The zero-order valence-electron chi connectivity index (χ0n) is 11.2. The lowest BCUT2D eigenvalue weighted by Crippen LogP contribution is -2.36. The predicted octanol–water partition coefficient (Wildman–Crippen LogP) is 2.41. The van der Waals surface area contributed by atoms with Crippen LogP contribution in [-0.4, -0.2) is 25.3 Å². The minimum atomic E-state index is -0.124. The smallest absolute Gasteiger partial charge is 0.220 e. The number of rotatable bonds is 6. The number of ether oxygens (including phenoxy) is 1. The second-order valence-electron chi connectivity index (χ2n) is 4.87. The fraction of sp³-hybridized carbons (Fsp3) is 0.500. The molecule has 0 spiro atoms. The Hall–Kier alpha value is -1.16. The van der Waals surface area contributed by atoms with Crippen molar-refractivity contribution in [2.45, 2.75) is 25.7 Å². The van der Waals surface area contributed by atoms with Crippen molar-refractivity contribution in [3.05, 3.63) is 29.8 Å². The maximum atomic E-state index is 11.5. The average molecular weight is 267 g/mol. The molecule has 0 aliphatic rings. The molecule has 0 radical (unpaired) electrons. The van der Waals surface area contributed by atoms with Crippen LogP contribution in [-0.2, 0) is 10.2 Å². The molecule has 0 saturated carbocycles. The van der Waals surface area contributed by atoms with Crippen molar-refractivity contribution in [2.24, 2.45) is 0 Å². The summed E-state index contributed by atoms with van der Waals surface area (Å²) in [5.41, 5.74) is 1.02. The SMILES string of the molecule is COc1cccc(C(C)(C)CNC(=O)CCS)c1. The summed E-state index contributed by atoms with van der Waals surface area (Å²) in [5, 5.41) is 2.93. The first kappa shape index (κ1) is 14.9. The summed E-state index contributed by atoms with van der Waals surface area (Å²) in [6.07, 6.45) is 0.456. The van der Waals surface area contributed by atoms with Crippen molar-refractivity contribution < 1.29 is 9.53 Å². The molecule has 0 saturated heterocycles.